The number of nitrogen functional groups attached to an aromatic ring is 1. The number of hydrogen-bond donors (Lipinski definition) is 2. The number of fused-ring (bicyclic) bond motifs is 1. The van der Waals surface area contributed by atoms with Crippen molar-refractivity contribution in [3.63, 3.8) is 0 Å². The zero-order valence-corrected chi connectivity index (χ0v) is 14.6. The van der Waals surface area contributed by atoms with Gasteiger partial charge < -0.3 is 20.3 Å². The molecule has 8 heteroatoms. The fourth-order valence-electron chi connectivity index (χ4n) is 3.10. The monoisotopic (exact) mass is 363 g/mol. The lowest BCUT2D eigenvalue weighted by Crippen LogP contribution is -2.02. The molecule has 3 N–H and O–H groups in total. The number of hydrogen-bond acceptors (Lipinski definition) is 7. The van der Waals surface area contributed by atoms with Gasteiger partial charge in [0.25, 0.3) is 0 Å². The van der Waals surface area contributed by atoms with E-state index in [1.54, 1.807) is 10.9 Å². The van der Waals surface area contributed by atoms with E-state index in [0.717, 1.165) is 16.8 Å². The summed E-state index contributed by atoms with van der Waals surface area (Å²) in [6.45, 7) is 2.39. The van der Waals surface area contributed by atoms with E-state index in [0.29, 0.717) is 34.9 Å². The minimum absolute atomic E-state index is 0.0212. The van der Waals surface area contributed by atoms with Crippen LogP contribution in [0.3, 0.4) is 0 Å². The highest BCUT2D eigenvalue weighted by molar-refractivity contribution is 5.81. The first-order valence-electron chi connectivity index (χ1n) is 8.36. The van der Waals surface area contributed by atoms with Crippen molar-refractivity contribution >= 4 is 5.82 Å². The second kappa shape index (κ2) is 6.63. The quantitative estimate of drug-likeness (QED) is 0.728. The van der Waals surface area contributed by atoms with E-state index >= 15 is 0 Å². The SMILES string of the molecule is Cc1nn(CCO)cc1-c1cc(-c2ccc3c(c2)OCO3)nc(N)c1C#N. The topological polar surface area (TPSA) is 119 Å². The summed E-state index contributed by atoms with van der Waals surface area (Å²) in [5, 5.41) is 23.1. The summed E-state index contributed by atoms with van der Waals surface area (Å²) in [5.41, 5.74) is 9.96. The summed E-state index contributed by atoms with van der Waals surface area (Å²) in [5.74, 6) is 1.48. The lowest BCUT2D eigenvalue weighted by atomic mass is 9.99. The highest BCUT2D eigenvalue weighted by Crippen LogP contribution is 2.38. The molecule has 8 nitrogen and oxygen atoms in total. The molecule has 1 aromatic carbocycles. The predicted octanol–water partition coefficient (Wildman–Crippen LogP) is 2.10. The molecule has 0 saturated heterocycles. The molecule has 1 aliphatic rings. The van der Waals surface area contributed by atoms with E-state index in [9.17, 15) is 5.26 Å². The van der Waals surface area contributed by atoms with E-state index in [-0.39, 0.29) is 19.2 Å². The first-order valence-corrected chi connectivity index (χ1v) is 8.36. The number of ether oxygens (including phenoxy) is 2. The van der Waals surface area contributed by atoms with Crippen LogP contribution in [0.1, 0.15) is 11.3 Å². The number of nitrogens with two attached hydrogens (primary N) is 1. The second-order valence-corrected chi connectivity index (χ2v) is 6.11. The molecule has 3 aromatic rings. The van der Waals surface area contributed by atoms with Crippen molar-refractivity contribution in [2.45, 2.75) is 13.5 Å². The number of nitrogens with zero attached hydrogens (tertiary/aromatic N) is 4. The average molecular weight is 363 g/mol. The van der Waals surface area contributed by atoms with Gasteiger partial charge in [-0.25, -0.2) is 4.98 Å². The van der Waals surface area contributed by atoms with Crippen molar-refractivity contribution < 1.29 is 14.6 Å². The summed E-state index contributed by atoms with van der Waals surface area (Å²) < 4.78 is 12.4. The Hall–Kier alpha value is -3.57. The molecule has 0 radical (unpaired) electrons. The van der Waals surface area contributed by atoms with E-state index < -0.39 is 0 Å². The third-order valence-corrected chi connectivity index (χ3v) is 4.39. The van der Waals surface area contributed by atoms with Crippen LogP contribution in [0.25, 0.3) is 22.4 Å². The van der Waals surface area contributed by atoms with Crippen molar-refractivity contribution in [1.82, 2.24) is 14.8 Å². The average Bonchev–Trinajstić information content (AvgIpc) is 3.27. The van der Waals surface area contributed by atoms with Crippen molar-refractivity contribution in [2.75, 3.05) is 19.1 Å². The summed E-state index contributed by atoms with van der Waals surface area (Å²) in [6, 6.07) is 9.47. The first-order chi connectivity index (χ1) is 13.1. The molecule has 0 atom stereocenters. The third-order valence-electron chi connectivity index (χ3n) is 4.39. The van der Waals surface area contributed by atoms with Gasteiger partial charge in [-0.05, 0) is 31.2 Å². The Kier molecular flexibility index (Phi) is 4.14. The minimum Gasteiger partial charge on any atom is -0.454 e. The maximum Gasteiger partial charge on any atom is 0.231 e. The Bertz CT molecular complexity index is 1070. The van der Waals surface area contributed by atoms with Crippen LogP contribution in [0, 0.1) is 18.3 Å². The van der Waals surface area contributed by atoms with Gasteiger partial charge in [0.05, 0.1) is 24.5 Å². The van der Waals surface area contributed by atoms with Crippen molar-refractivity contribution in [3.8, 4) is 40.0 Å². The number of aromatic nitrogens is 3. The molecule has 4 rings (SSSR count). The molecule has 0 bridgehead atoms. The summed E-state index contributed by atoms with van der Waals surface area (Å²) in [6.07, 6.45) is 1.80. The van der Waals surface area contributed by atoms with Crippen LogP contribution in [0.2, 0.25) is 0 Å². The van der Waals surface area contributed by atoms with Gasteiger partial charge in [-0.3, -0.25) is 4.68 Å². The number of aliphatic hydroxyl groups excluding tert-OH is 1. The number of anilines is 1. The Morgan fingerprint density at radius 1 is 1.26 bits per heavy atom. The molecule has 0 unspecified atom stereocenters. The summed E-state index contributed by atoms with van der Waals surface area (Å²) in [4.78, 5) is 4.39. The van der Waals surface area contributed by atoms with Gasteiger partial charge in [-0.2, -0.15) is 10.4 Å². The van der Waals surface area contributed by atoms with E-state index in [4.69, 9.17) is 20.3 Å². The molecule has 2 aromatic heterocycles. The number of aliphatic hydroxyl groups is 1. The fraction of sp³-hybridized carbons (Fsp3) is 0.211. The van der Waals surface area contributed by atoms with Crippen LogP contribution in [0.4, 0.5) is 5.82 Å². The van der Waals surface area contributed by atoms with Gasteiger partial charge in [0, 0.05) is 22.9 Å². The lowest BCUT2D eigenvalue weighted by Gasteiger charge is -2.10. The zero-order valence-electron chi connectivity index (χ0n) is 14.6. The van der Waals surface area contributed by atoms with Gasteiger partial charge >= 0.3 is 0 Å². The summed E-state index contributed by atoms with van der Waals surface area (Å²) in [7, 11) is 0. The van der Waals surface area contributed by atoms with Gasteiger partial charge in [0.1, 0.15) is 17.5 Å². The van der Waals surface area contributed by atoms with Gasteiger partial charge in [0.2, 0.25) is 6.79 Å². The maximum atomic E-state index is 9.58. The maximum absolute atomic E-state index is 9.58. The first kappa shape index (κ1) is 16.9. The highest BCUT2D eigenvalue weighted by Gasteiger charge is 2.19. The van der Waals surface area contributed by atoms with Crippen LogP contribution >= 0.6 is 0 Å². The summed E-state index contributed by atoms with van der Waals surface area (Å²) >= 11 is 0. The minimum atomic E-state index is -0.0212. The smallest absolute Gasteiger partial charge is 0.231 e. The van der Waals surface area contributed by atoms with Crippen LogP contribution in [-0.4, -0.2) is 33.3 Å². The van der Waals surface area contributed by atoms with E-state index in [2.05, 4.69) is 16.2 Å². The third kappa shape index (κ3) is 2.94. The van der Waals surface area contributed by atoms with Crippen LogP contribution < -0.4 is 15.2 Å². The largest absolute Gasteiger partial charge is 0.454 e. The molecule has 3 heterocycles. The molecule has 27 heavy (non-hydrogen) atoms. The molecular weight excluding hydrogens is 346 g/mol. The van der Waals surface area contributed by atoms with Crippen molar-refractivity contribution in [3.05, 3.63) is 41.7 Å². The van der Waals surface area contributed by atoms with Crippen molar-refractivity contribution in [2.24, 2.45) is 0 Å². The Balaban J connectivity index is 1.86. The number of aryl methyl sites for hydroxylation is 1. The van der Waals surface area contributed by atoms with Crippen LogP contribution in [-0.2, 0) is 6.54 Å². The Labute approximate surface area is 155 Å². The fourth-order valence-corrected chi connectivity index (χ4v) is 3.10. The van der Waals surface area contributed by atoms with Gasteiger partial charge in [-0.1, -0.05) is 0 Å². The number of pyridine rings is 1. The molecular formula is C19H17N5O3. The number of nitriles is 1. The highest BCUT2D eigenvalue weighted by atomic mass is 16.7. The van der Waals surface area contributed by atoms with E-state index in [1.807, 2.05) is 31.2 Å². The van der Waals surface area contributed by atoms with Gasteiger partial charge in [-0.15, -0.1) is 0 Å². The number of rotatable bonds is 4. The van der Waals surface area contributed by atoms with Crippen LogP contribution in [0.5, 0.6) is 11.5 Å². The zero-order chi connectivity index (χ0) is 19.0. The normalized spacial score (nSPS) is 12.2. The molecule has 0 aliphatic carbocycles. The van der Waals surface area contributed by atoms with E-state index in [1.165, 1.54) is 0 Å². The predicted molar refractivity (Wildman–Crippen MR) is 98.0 cm³/mol. The molecule has 0 spiro atoms. The molecule has 136 valence electrons. The Morgan fingerprint density at radius 3 is 2.85 bits per heavy atom. The molecule has 1 aliphatic heterocycles. The lowest BCUT2D eigenvalue weighted by molar-refractivity contribution is 0.174. The second-order valence-electron chi connectivity index (χ2n) is 6.11. The van der Waals surface area contributed by atoms with Crippen molar-refractivity contribution in [1.29, 1.82) is 5.26 Å². The van der Waals surface area contributed by atoms with Crippen LogP contribution in [0.15, 0.2) is 30.5 Å². The standard InChI is InChI=1S/C19H17N5O3/c1-11-15(9-24(23-11)4-5-25)13-7-16(22-19(21)14(13)8-20)12-2-3-17-18(6-12)27-10-26-17/h2-3,6-7,9,25H,4-5,10H2,1H3,(H2,21,22). The molecule has 0 amide bonds. The molecule has 0 fully saturated rings. The Morgan fingerprint density at radius 2 is 2.07 bits per heavy atom. The number of benzene rings is 1. The van der Waals surface area contributed by atoms with Gasteiger partial charge in [0.15, 0.2) is 11.5 Å². The molecule has 0 saturated carbocycles.